The minimum Gasteiger partial charge on any atom is -0.381 e. The molecule has 0 radical (unpaired) electrons. The van der Waals surface area contributed by atoms with E-state index in [-0.39, 0.29) is 11.9 Å². The zero-order valence-corrected chi connectivity index (χ0v) is 13.4. The maximum absolute atomic E-state index is 12.1. The van der Waals surface area contributed by atoms with E-state index >= 15 is 0 Å². The third-order valence-corrected chi connectivity index (χ3v) is 5.65. The average Bonchev–Trinajstić information content (AvgIpc) is 3.08. The van der Waals surface area contributed by atoms with Crippen LogP contribution < -0.4 is 4.72 Å². The first kappa shape index (κ1) is 15.0. The normalized spacial score (nSPS) is 19.1. The van der Waals surface area contributed by atoms with Crippen LogP contribution in [0.5, 0.6) is 0 Å². The van der Waals surface area contributed by atoms with Gasteiger partial charge in [-0.15, -0.1) is 0 Å². The minimum atomic E-state index is -3.35. The molecule has 0 bridgehead atoms. The SMILES string of the molecule is CO[C@@H](C)CS(=O)(=O)NC1(c2ccccc2Br)CC1. The van der Waals surface area contributed by atoms with E-state index < -0.39 is 15.6 Å². The molecule has 19 heavy (non-hydrogen) atoms. The number of methoxy groups -OCH3 is 1. The highest BCUT2D eigenvalue weighted by atomic mass is 79.9. The van der Waals surface area contributed by atoms with E-state index in [4.69, 9.17) is 4.74 Å². The summed E-state index contributed by atoms with van der Waals surface area (Å²) in [5, 5.41) is 0. The topological polar surface area (TPSA) is 55.4 Å². The van der Waals surface area contributed by atoms with Gasteiger partial charge in [0.2, 0.25) is 10.0 Å². The van der Waals surface area contributed by atoms with E-state index in [1.54, 1.807) is 6.92 Å². The highest BCUT2D eigenvalue weighted by molar-refractivity contribution is 9.10. The molecule has 4 nitrogen and oxygen atoms in total. The van der Waals surface area contributed by atoms with E-state index in [0.29, 0.717) is 0 Å². The van der Waals surface area contributed by atoms with E-state index in [2.05, 4.69) is 20.7 Å². The van der Waals surface area contributed by atoms with Gasteiger partial charge in [-0.2, -0.15) is 0 Å². The molecule has 0 spiro atoms. The van der Waals surface area contributed by atoms with Crippen molar-refractivity contribution in [3.8, 4) is 0 Å². The van der Waals surface area contributed by atoms with Gasteiger partial charge >= 0.3 is 0 Å². The Bertz CT molecular complexity index is 555. The molecular weight excluding hydrogens is 330 g/mol. The Hall–Kier alpha value is -0.430. The molecule has 6 heteroatoms. The molecule has 0 saturated heterocycles. The summed E-state index contributed by atoms with van der Waals surface area (Å²) < 4.78 is 33.1. The minimum absolute atomic E-state index is 0.0182. The number of nitrogens with one attached hydrogen (secondary N) is 1. The molecule has 1 aromatic carbocycles. The number of ether oxygens (including phenoxy) is 1. The van der Waals surface area contributed by atoms with E-state index in [1.165, 1.54) is 7.11 Å². The Balaban J connectivity index is 2.17. The van der Waals surface area contributed by atoms with Crippen LogP contribution in [-0.2, 0) is 20.3 Å². The molecule has 2 rings (SSSR count). The van der Waals surface area contributed by atoms with Crippen LogP contribution in [0.25, 0.3) is 0 Å². The van der Waals surface area contributed by atoms with Crippen molar-refractivity contribution in [3.63, 3.8) is 0 Å². The summed E-state index contributed by atoms with van der Waals surface area (Å²) in [6.07, 6.45) is 1.35. The largest absolute Gasteiger partial charge is 0.381 e. The van der Waals surface area contributed by atoms with Gasteiger partial charge in [0.25, 0.3) is 0 Å². The highest BCUT2D eigenvalue weighted by Crippen LogP contribution is 2.48. The number of halogens is 1. The van der Waals surface area contributed by atoms with E-state index in [0.717, 1.165) is 22.9 Å². The Morgan fingerprint density at radius 3 is 2.58 bits per heavy atom. The smallest absolute Gasteiger partial charge is 0.214 e. The summed E-state index contributed by atoms with van der Waals surface area (Å²) in [6.45, 7) is 1.75. The van der Waals surface area contributed by atoms with Crippen molar-refractivity contribution in [1.82, 2.24) is 4.72 Å². The van der Waals surface area contributed by atoms with Gasteiger partial charge < -0.3 is 4.74 Å². The third kappa shape index (κ3) is 3.56. The average molecular weight is 348 g/mol. The van der Waals surface area contributed by atoms with Crippen molar-refractivity contribution in [2.24, 2.45) is 0 Å². The maximum atomic E-state index is 12.1. The Morgan fingerprint density at radius 2 is 2.05 bits per heavy atom. The van der Waals surface area contributed by atoms with Gasteiger partial charge in [0, 0.05) is 11.6 Å². The van der Waals surface area contributed by atoms with Gasteiger partial charge in [-0.1, -0.05) is 34.1 Å². The van der Waals surface area contributed by atoms with Crippen LogP contribution >= 0.6 is 15.9 Å². The van der Waals surface area contributed by atoms with Crippen LogP contribution in [0.4, 0.5) is 0 Å². The van der Waals surface area contributed by atoms with Gasteiger partial charge in [-0.25, -0.2) is 13.1 Å². The lowest BCUT2D eigenvalue weighted by molar-refractivity contribution is 0.136. The van der Waals surface area contributed by atoms with E-state index in [1.807, 2.05) is 24.3 Å². The molecule has 0 unspecified atom stereocenters. The van der Waals surface area contributed by atoms with Crippen molar-refractivity contribution >= 4 is 26.0 Å². The standard InChI is InChI=1S/C13H18BrNO3S/c1-10(18-2)9-19(16,17)15-13(7-8-13)11-5-3-4-6-12(11)14/h3-6,10,15H,7-9H2,1-2H3/t10-/m0/s1. The molecule has 1 atom stereocenters. The Kier molecular flexibility index (Phi) is 4.35. The Morgan fingerprint density at radius 1 is 1.42 bits per heavy atom. The van der Waals surface area contributed by atoms with Gasteiger partial charge in [0.1, 0.15) is 0 Å². The first-order chi connectivity index (χ1) is 8.88. The van der Waals surface area contributed by atoms with Gasteiger partial charge in [0.15, 0.2) is 0 Å². The molecule has 1 aromatic rings. The summed E-state index contributed by atoms with van der Waals surface area (Å²) >= 11 is 3.48. The summed E-state index contributed by atoms with van der Waals surface area (Å²) in [6, 6.07) is 7.73. The quantitative estimate of drug-likeness (QED) is 0.859. The fourth-order valence-electron chi connectivity index (χ4n) is 2.12. The summed E-state index contributed by atoms with van der Waals surface area (Å²) in [5.41, 5.74) is 0.565. The molecule has 1 saturated carbocycles. The molecule has 1 aliphatic carbocycles. The van der Waals surface area contributed by atoms with Crippen LogP contribution in [0.15, 0.2) is 28.7 Å². The van der Waals surface area contributed by atoms with Crippen molar-refractivity contribution in [3.05, 3.63) is 34.3 Å². The fourth-order valence-corrected chi connectivity index (χ4v) is 4.53. The fraction of sp³-hybridized carbons (Fsp3) is 0.538. The molecule has 1 fully saturated rings. The molecule has 0 aliphatic heterocycles. The lowest BCUT2D eigenvalue weighted by Gasteiger charge is -2.20. The number of hydrogen-bond acceptors (Lipinski definition) is 3. The lowest BCUT2D eigenvalue weighted by atomic mass is 10.1. The zero-order valence-electron chi connectivity index (χ0n) is 11.0. The second-order valence-electron chi connectivity index (χ2n) is 4.99. The molecule has 1 aliphatic rings. The molecule has 106 valence electrons. The van der Waals surface area contributed by atoms with Crippen LogP contribution in [0.3, 0.4) is 0 Å². The van der Waals surface area contributed by atoms with Crippen LogP contribution in [-0.4, -0.2) is 27.4 Å². The number of hydrogen-bond donors (Lipinski definition) is 1. The number of rotatable bonds is 6. The summed E-state index contributed by atoms with van der Waals surface area (Å²) in [5.74, 6) is -0.0182. The second kappa shape index (κ2) is 5.52. The lowest BCUT2D eigenvalue weighted by Crippen LogP contribution is -2.39. The molecule has 0 heterocycles. The first-order valence-electron chi connectivity index (χ1n) is 6.18. The predicted octanol–water partition coefficient (Wildman–Crippen LogP) is 2.39. The first-order valence-corrected chi connectivity index (χ1v) is 8.62. The molecule has 1 N–H and O–H groups in total. The van der Waals surface area contributed by atoms with Gasteiger partial charge in [-0.05, 0) is 31.4 Å². The van der Waals surface area contributed by atoms with Crippen molar-refractivity contribution < 1.29 is 13.2 Å². The number of sulfonamides is 1. The van der Waals surface area contributed by atoms with Crippen LogP contribution in [0.1, 0.15) is 25.3 Å². The third-order valence-electron chi connectivity index (χ3n) is 3.35. The molecule has 0 aromatic heterocycles. The maximum Gasteiger partial charge on any atom is 0.214 e. The molecule has 0 amide bonds. The van der Waals surface area contributed by atoms with Crippen LogP contribution in [0.2, 0.25) is 0 Å². The van der Waals surface area contributed by atoms with Crippen LogP contribution in [0, 0.1) is 0 Å². The van der Waals surface area contributed by atoms with Gasteiger partial charge in [0.05, 0.1) is 17.4 Å². The Labute approximate surface area is 122 Å². The van der Waals surface area contributed by atoms with Crippen molar-refractivity contribution in [2.75, 3.05) is 12.9 Å². The number of benzene rings is 1. The zero-order chi connectivity index (χ0) is 14.1. The second-order valence-corrected chi connectivity index (χ2v) is 7.61. The summed E-state index contributed by atoms with van der Waals surface area (Å²) in [4.78, 5) is 0. The van der Waals surface area contributed by atoms with Crippen molar-refractivity contribution in [2.45, 2.75) is 31.4 Å². The monoisotopic (exact) mass is 347 g/mol. The van der Waals surface area contributed by atoms with E-state index in [9.17, 15) is 8.42 Å². The van der Waals surface area contributed by atoms with Gasteiger partial charge in [-0.3, -0.25) is 0 Å². The predicted molar refractivity (Wildman–Crippen MR) is 78.4 cm³/mol. The summed E-state index contributed by atoms with van der Waals surface area (Å²) in [7, 11) is -1.83. The van der Waals surface area contributed by atoms with Crippen molar-refractivity contribution in [1.29, 1.82) is 0 Å². The highest BCUT2D eigenvalue weighted by Gasteiger charge is 2.48. The molecular formula is C13H18BrNO3S.